The van der Waals surface area contributed by atoms with E-state index in [0.717, 1.165) is 0 Å². The predicted molar refractivity (Wildman–Crippen MR) is 39.3 cm³/mol. The SMILES string of the molecule is C=CCC(=O)CCCC#N. The van der Waals surface area contributed by atoms with Crippen molar-refractivity contribution >= 4 is 5.78 Å². The van der Waals surface area contributed by atoms with E-state index in [1.54, 1.807) is 6.08 Å². The number of ketones is 1. The van der Waals surface area contributed by atoms with E-state index in [9.17, 15) is 4.79 Å². The molecule has 0 saturated heterocycles. The smallest absolute Gasteiger partial charge is 0.136 e. The normalized spacial score (nSPS) is 8.30. The lowest BCUT2D eigenvalue weighted by Gasteiger charge is -1.91. The molecule has 0 aromatic rings. The van der Waals surface area contributed by atoms with Crippen LogP contribution in [0.1, 0.15) is 25.7 Å². The van der Waals surface area contributed by atoms with Crippen molar-refractivity contribution in [1.29, 1.82) is 5.26 Å². The zero-order chi connectivity index (χ0) is 7.82. The first-order valence-corrected chi connectivity index (χ1v) is 3.30. The van der Waals surface area contributed by atoms with E-state index in [2.05, 4.69) is 6.58 Å². The van der Waals surface area contributed by atoms with Crippen molar-refractivity contribution in [2.75, 3.05) is 0 Å². The van der Waals surface area contributed by atoms with Gasteiger partial charge in [0.05, 0.1) is 6.07 Å². The Balaban J connectivity index is 3.23. The molecule has 0 amide bonds. The maximum absolute atomic E-state index is 10.7. The lowest BCUT2D eigenvalue weighted by Crippen LogP contribution is -1.93. The topological polar surface area (TPSA) is 40.9 Å². The lowest BCUT2D eigenvalue weighted by molar-refractivity contribution is -0.118. The van der Waals surface area contributed by atoms with Crippen molar-refractivity contribution in [3.8, 4) is 6.07 Å². The summed E-state index contributed by atoms with van der Waals surface area (Å²) >= 11 is 0. The van der Waals surface area contributed by atoms with Crippen LogP contribution in [0.4, 0.5) is 0 Å². The first-order valence-electron chi connectivity index (χ1n) is 3.30. The van der Waals surface area contributed by atoms with Crippen LogP contribution in [0.2, 0.25) is 0 Å². The summed E-state index contributed by atoms with van der Waals surface area (Å²) in [5.74, 6) is 0.172. The van der Waals surface area contributed by atoms with Crippen LogP contribution >= 0.6 is 0 Å². The molecule has 0 spiro atoms. The number of unbranched alkanes of at least 4 members (excludes halogenated alkanes) is 1. The molecule has 0 aliphatic carbocycles. The number of allylic oxidation sites excluding steroid dienone is 1. The summed E-state index contributed by atoms with van der Waals surface area (Å²) in [6.07, 6.45) is 3.70. The second-order valence-corrected chi connectivity index (χ2v) is 2.04. The summed E-state index contributed by atoms with van der Waals surface area (Å²) < 4.78 is 0. The van der Waals surface area contributed by atoms with Crippen molar-refractivity contribution in [3.05, 3.63) is 12.7 Å². The first-order chi connectivity index (χ1) is 4.81. The minimum Gasteiger partial charge on any atom is -0.299 e. The highest BCUT2D eigenvalue weighted by Gasteiger charge is 1.96. The zero-order valence-electron chi connectivity index (χ0n) is 5.97. The minimum atomic E-state index is 0.172. The largest absolute Gasteiger partial charge is 0.299 e. The number of hydrogen-bond acceptors (Lipinski definition) is 2. The molecule has 0 rings (SSSR count). The number of hydrogen-bond donors (Lipinski definition) is 0. The molecule has 0 saturated carbocycles. The number of Topliss-reactive ketones (excluding diaryl/α,β-unsaturated/α-hetero) is 1. The van der Waals surface area contributed by atoms with Gasteiger partial charge in [0.25, 0.3) is 0 Å². The van der Waals surface area contributed by atoms with Crippen LogP contribution in [0.5, 0.6) is 0 Å². The maximum Gasteiger partial charge on any atom is 0.136 e. The van der Waals surface area contributed by atoms with Crippen molar-refractivity contribution in [3.63, 3.8) is 0 Å². The van der Waals surface area contributed by atoms with Gasteiger partial charge >= 0.3 is 0 Å². The fourth-order valence-corrected chi connectivity index (χ4v) is 0.628. The second-order valence-electron chi connectivity index (χ2n) is 2.04. The summed E-state index contributed by atoms with van der Waals surface area (Å²) in [6, 6.07) is 1.99. The monoisotopic (exact) mass is 137 g/mol. The summed E-state index contributed by atoms with van der Waals surface area (Å²) in [6.45, 7) is 3.44. The number of carbonyl (C=O) groups is 1. The van der Waals surface area contributed by atoms with Crippen LogP contribution in [-0.4, -0.2) is 5.78 Å². The Hall–Kier alpha value is -1.10. The average molecular weight is 137 g/mol. The Morgan fingerprint density at radius 2 is 2.40 bits per heavy atom. The second kappa shape index (κ2) is 6.03. The third-order valence-electron chi connectivity index (χ3n) is 1.12. The van der Waals surface area contributed by atoms with Gasteiger partial charge in [0.1, 0.15) is 5.78 Å². The van der Waals surface area contributed by atoms with Crippen molar-refractivity contribution in [1.82, 2.24) is 0 Å². The van der Waals surface area contributed by atoms with Crippen molar-refractivity contribution in [2.24, 2.45) is 0 Å². The molecule has 0 aliphatic rings. The van der Waals surface area contributed by atoms with Crippen LogP contribution in [0.15, 0.2) is 12.7 Å². The molecular formula is C8H11NO. The van der Waals surface area contributed by atoms with E-state index in [1.807, 2.05) is 6.07 Å². The van der Waals surface area contributed by atoms with Gasteiger partial charge in [-0.1, -0.05) is 6.08 Å². The Labute approximate surface area is 61.2 Å². The van der Waals surface area contributed by atoms with Crippen LogP contribution < -0.4 is 0 Å². The van der Waals surface area contributed by atoms with Crippen LogP contribution in [0.3, 0.4) is 0 Å². The fourth-order valence-electron chi connectivity index (χ4n) is 0.628. The summed E-state index contributed by atoms with van der Waals surface area (Å²) in [5.41, 5.74) is 0. The molecule has 0 fully saturated rings. The molecule has 0 aliphatic heterocycles. The van der Waals surface area contributed by atoms with E-state index in [4.69, 9.17) is 5.26 Å². The molecule has 0 unspecified atom stereocenters. The number of nitrogens with zero attached hydrogens (tertiary/aromatic N) is 1. The molecular weight excluding hydrogens is 126 g/mol. The van der Waals surface area contributed by atoms with E-state index >= 15 is 0 Å². The number of nitriles is 1. The van der Waals surface area contributed by atoms with Gasteiger partial charge in [-0.15, -0.1) is 6.58 Å². The van der Waals surface area contributed by atoms with Gasteiger partial charge in [0, 0.05) is 19.3 Å². The van der Waals surface area contributed by atoms with Crippen LogP contribution in [-0.2, 0) is 4.79 Å². The van der Waals surface area contributed by atoms with Crippen LogP contribution in [0.25, 0.3) is 0 Å². The third kappa shape index (κ3) is 5.04. The quantitative estimate of drug-likeness (QED) is 0.428. The van der Waals surface area contributed by atoms with Gasteiger partial charge in [-0.3, -0.25) is 4.79 Å². The van der Waals surface area contributed by atoms with Gasteiger partial charge in [0.2, 0.25) is 0 Å². The first kappa shape index (κ1) is 8.90. The van der Waals surface area contributed by atoms with Crippen molar-refractivity contribution in [2.45, 2.75) is 25.7 Å². The molecule has 2 heteroatoms. The van der Waals surface area contributed by atoms with E-state index in [1.165, 1.54) is 0 Å². The van der Waals surface area contributed by atoms with E-state index < -0.39 is 0 Å². The van der Waals surface area contributed by atoms with Crippen molar-refractivity contribution < 1.29 is 4.79 Å². The highest BCUT2D eigenvalue weighted by atomic mass is 16.1. The molecule has 0 radical (unpaired) electrons. The third-order valence-corrected chi connectivity index (χ3v) is 1.12. The predicted octanol–water partition coefficient (Wildman–Crippen LogP) is 1.83. The molecule has 0 bridgehead atoms. The molecule has 54 valence electrons. The van der Waals surface area contributed by atoms with Crippen LogP contribution in [0, 0.1) is 11.3 Å². The zero-order valence-corrected chi connectivity index (χ0v) is 5.97. The minimum absolute atomic E-state index is 0.172. The fraction of sp³-hybridized carbons (Fsp3) is 0.500. The lowest BCUT2D eigenvalue weighted by atomic mass is 10.1. The maximum atomic E-state index is 10.7. The number of rotatable bonds is 5. The Bertz CT molecular complexity index is 155. The van der Waals surface area contributed by atoms with E-state index in [0.29, 0.717) is 25.7 Å². The highest BCUT2D eigenvalue weighted by molar-refractivity contribution is 5.79. The molecule has 0 heterocycles. The standard InChI is InChI=1S/C8H11NO/c1-2-5-8(10)6-3-4-7-9/h2H,1,3-6H2. The highest BCUT2D eigenvalue weighted by Crippen LogP contribution is 1.97. The van der Waals surface area contributed by atoms with Gasteiger partial charge in [-0.25, -0.2) is 0 Å². The van der Waals surface area contributed by atoms with E-state index in [-0.39, 0.29) is 5.78 Å². The summed E-state index contributed by atoms with van der Waals surface area (Å²) in [7, 11) is 0. The van der Waals surface area contributed by atoms with Gasteiger partial charge in [-0.2, -0.15) is 5.26 Å². The molecule has 0 N–H and O–H groups in total. The van der Waals surface area contributed by atoms with Gasteiger partial charge in [-0.05, 0) is 6.42 Å². The molecule has 0 aromatic carbocycles. The molecule has 0 aromatic heterocycles. The molecule has 10 heavy (non-hydrogen) atoms. The Kier molecular flexibility index (Phi) is 5.36. The molecule has 2 nitrogen and oxygen atoms in total. The van der Waals surface area contributed by atoms with Gasteiger partial charge in [0.15, 0.2) is 0 Å². The number of carbonyl (C=O) groups excluding carboxylic acids is 1. The van der Waals surface area contributed by atoms with Gasteiger partial charge < -0.3 is 0 Å². The summed E-state index contributed by atoms with van der Waals surface area (Å²) in [4.78, 5) is 10.7. The summed E-state index contributed by atoms with van der Waals surface area (Å²) in [5, 5.41) is 8.13. The Morgan fingerprint density at radius 1 is 1.70 bits per heavy atom. The molecule has 0 atom stereocenters. The Morgan fingerprint density at radius 3 is 2.90 bits per heavy atom. The average Bonchev–Trinajstić information content (AvgIpc) is 1.89.